The molecule has 2 nitrogen and oxygen atoms in total. The van der Waals surface area contributed by atoms with Gasteiger partial charge in [0.15, 0.2) is 0 Å². The Morgan fingerprint density at radius 3 is 2.91 bits per heavy atom. The van der Waals surface area contributed by atoms with Crippen LogP contribution in [0.3, 0.4) is 0 Å². The lowest BCUT2D eigenvalue weighted by Crippen LogP contribution is -2.10. The van der Waals surface area contributed by atoms with Crippen molar-refractivity contribution in [2.24, 2.45) is 5.92 Å². The summed E-state index contributed by atoms with van der Waals surface area (Å²) in [5, 5.41) is 9.44. The Bertz CT molecular complexity index is 182. The number of rotatable bonds is 2. The minimum Gasteiger partial charge on any atom is -0.501 e. The molecule has 0 saturated heterocycles. The Morgan fingerprint density at radius 1 is 1.73 bits per heavy atom. The number of hydrogen-bond donors (Lipinski definition) is 1. The van der Waals surface area contributed by atoms with Crippen LogP contribution in [0, 0.1) is 5.92 Å². The summed E-state index contributed by atoms with van der Waals surface area (Å²) < 4.78 is 5.03. The highest BCUT2D eigenvalue weighted by Gasteiger charge is 2.23. The van der Waals surface area contributed by atoms with Crippen molar-refractivity contribution in [3.05, 3.63) is 24.0 Å². The summed E-state index contributed by atoms with van der Waals surface area (Å²) in [5.74, 6) is 1.04. The van der Waals surface area contributed by atoms with Crippen molar-refractivity contribution in [2.75, 3.05) is 7.11 Å². The molecule has 1 aliphatic carbocycles. The van der Waals surface area contributed by atoms with Crippen molar-refractivity contribution >= 4 is 0 Å². The average Bonchev–Trinajstić information content (AvgIpc) is 2.33. The van der Waals surface area contributed by atoms with Crippen molar-refractivity contribution in [1.29, 1.82) is 0 Å². The highest BCUT2D eigenvalue weighted by atomic mass is 16.5. The molecule has 1 aliphatic rings. The van der Waals surface area contributed by atoms with Gasteiger partial charge in [-0.15, -0.1) is 0 Å². The monoisotopic (exact) mass is 154 g/mol. The Kier molecular flexibility index (Phi) is 2.71. The molecule has 2 atom stereocenters. The van der Waals surface area contributed by atoms with E-state index in [-0.39, 0.29) is 12.0 Å². The lowest BCUT2D eigenvalue weighted by atomic mass is 10.1. The van der Waals surface area contributed by atoms with Gasteiger partial charge >= 0.3 is 0 Å². The van der Waals surface area contributed by atoms with Crippen LogP contribution in [0.5, 0.6) is 0 Å². The van der Waals surface area contributed by atoms with E-state index >= 15 is 0 Å². The second kappa shape index (κ2) is 3.58. The van der Waals surface area contributed by atoms with Crippen LogP contribution in [0.2, 0.25) is 0 Å². The molecule has 0 aliphatic heterocycles. The maximum Gasteiger partial charge on any atom is 0.0948 e. The van der Waals surface area contributed by atoms with E-state index in [1.807, 2.05) is 25.2 Å². The van der Waals surface area contributed by atoms with Crippen molar-refractivity contribution in [3.8, 4) is 0 Å². The third-order valence-corrected chi connectivity index (χ3v) is 1.91. The maximum atomic E-state index is 9.44. The first-order valence-corrected chi connectivity index (χ1v) is 3.83. The van der Waals surface area contributed by atoms with Gasteiger partial charge in [0, 0.05) is 12.3 Å². The van der Waals surface area contributed by atoms with Gasteiger partial charge in [0.2, 0.25) is 0 Å². The summed E-state index contributed by atoms with van der Waals surface area (Å²) in [6.45, 7) is 1.95. The third kappa shape index (κ3) is 1.84. The van der Waals surface area contributed by atoms with Gasteiger partial charge in [0.1, 0.15) is 0 Å². The van der Waals surface area contributed by atoms with E-state index < -0.39 is 0 Å². The van der Waals surface area contributed by atoms with Crippen molar-refractivity contribution in [1.82, 2.24) is 0 Å². The fourth-order valence-corrected chi connectivity index (χ4v) is 1.29. The Hall–Kier alpha value is -0.760. The molecule has 0 aromatic carbocycles. The molecule has 0 fully saturated rings. The van der Waals surface area contributed by atoms with E-state index in [2.05, 4.69) is 0 Å². The lowest BCUT2D eigenvalue weighted by molar-refractivity contribution is 0.146. The number of aliphatic hydroxyl groups excluding tert-OH is 1. The molecule has 0 saturated carbocycles. The number of methoxy groups -OCH3 is 1. The number of ether oxygens (including phenoxy) is 1. The molecule has 0 heterocycles. The maximum absolute atomic E-state index is 9.44. The van der Waals surface area contributed by atoms with Crippen LogP contribution in [0.15, 0.2) is 24.0 Å². The molecule has 2 heteroatoms. The van der Waals surface area contributed by atoms with Gasteiger partial charge in [-0.25, -0.2) is 0 Å². The smallest absolute Gasteiger partial charge is 0.0948 e. The van der Waals surface area contributed by atoms with Gasteiger partial charge in [-0.3, -0.25) is 0 Å². The van der Waals surface area contributed by atoms with Crippen LogP contribution in [0.25, 0.3) is 0 Å². The Morgan fingerprint density at radius 2 is 2.45 bits per heavy atom. The van der Waals surface area contributed by atoms with E-state index in [0.29, 0.717) is 6.42 Å². The van der Waals surface area contributed by atoms with Gasteiger partial charge in [-0.05, 0) is 13.0 Å². The molecule has 0 amide bonds. The van der Waals surface area contributed by atoms with Gasteiger partial charge in [0.05, 0.1) is 19.0 Å². The average molecular weight is 154 g/mol. The lowest BCUT2D eigenvalue weighted by Gasteiger charge is -2.06. The second-order valence-corrected chi connectivity index (χ2v) is 2.71. The SMILES string of the molecule is C/C=C/[C@@H]1C=C(OC)C[C@H]1O. The minimum absolute atomic E-state index is 0.148. The zero-order chi connectivity index (χ0) is 8.27. The van der Waals surface area contributed by atoms with Gasteiger partial charge in [-0.2, -0.15) is 0 Å². The van der Waals surface area contributed by atoms with E-state index in [1.165, 1.54) is 0 Å². The molecule has 1 N–H and O–H groups in total. The minimum atomic E-state index is -0.291. The third-order valence-electron chi connectivity index (χ3n) is 1.91. The van der Waals surface area contributed by atoms with Crippen LogP contribution in [-0.2, 0) is 4.74 Å². The van der Waals surface area contributed by atoms with Crippen LogP contribution in [-0.4, -0.2) is 18.3 Å². The zero-order valence-corrected chi connectivity index (χ0v) is 6.95. The largest absolute Gasteiger partial charge is 0.501 e. The summed E-state index contributed by atoms with van der Waals surface area (Å²) in [6.07, 6.45) is 6.25. The molecule has 62 valence electrons. The zero-order valence-electron chi connectivity index (χ0n) is 6.95. The predicted molar refractivity (Wildman–Crippen MR) is 44.0 cm³/mol. The number of hydrogen-bond acceptors (Lipinski definition) is 2. The summed E-state index contributed by atoms with van der Waals surface area (Å²) in [7, 11) is 1.64. The number of aliphatic hydroxyl groups is 1. The number of allylic oxidation sites excluding steroid dienone is 1. The van der Waals surface area contributed by atoms with Crippen LogP contribution in [0.1, 0.15) is 13.3 Å². The summed E-state index contributed by atoms with van der Waals surface area (Å²) in [4.78, 5) is 0. The normalized spacial score (nSPS) is 31.0. The van der Waals surface area contributed by atoms with Gasteiger partial charge < -0.3 is 9.84 Å². The fraction of sp³-hybridized carbons (Fsp3) is 0.556. The van der Waals surface area contributed by atoms with Crippen molar-refractivity contribution < 1.29 is 9.84 Å². The van der Waals surface area contributed by atoms with Gasteiger partial charge in [-0.1, -0.05) is 12.2 Å². The first kappa shape index (κ1) is 8.34. The van der Waals surface area contributed by atoms with E-state index in [0.717, 1.165) is 5.76 Å². The molecule has 0 unspecified atom stereocenters. The summed E-state index contributed by atoms with van der Waals surface area (Å²) in [6, 6.07) is 0. The topological polar surface area (TPSA) is 29.5 Å². The van der Waals surface area contributed by atoms with E-state index in [4.69, 9.17) is 4.74 Å². The highest BCUT2D eigenvalue weighted by Crippen LogP contribution is 2.25. The standard InChI is InChI=1S/C9H14O2/c1-3-4-7-5-8(11-2)6-9(7)10/h3-5,7,9-10H,6H2,1-2H3/b4-3+/t7-,9-/m1/s1. The van der Waals surface area contributed by atoms with Crippen LogP contribution < -0.4 is 0 Å². The predicted octanol–water partition coefficient (Wildman–Crippen LogP) is 1.47. The first-order valence-electron chi connectivity index (χ1n) is 3.83. The molecule has 1 rings (SSSR count). The van der Waals surface area contributed by atoms with E-state index in [1.54, 1.807) is 7.11 Å². The van der Waals surface area contributed by atoms with Crippen LogP contribution >= 0.6 is 0 Å². The molecule has 0 bridgehead atoms. The quantitative estimate of drug-likeness (QED) is 0.610. The molecule has 0 spiro atoms. The van der Waals surface area contributed by atoms with Gasteiger partial charge in [0.25, 0.3) is 0 Å². The fourth-order valence-electron chi connectivity index (χ4n) is 1.29. The molecular formula is C9H14O2. The Labute approximate surface area is 67.2 Å². The first-order chi connectivity index (χ1) is 5.27. The summed E-state index contributed by atoms with van der Waals surface area (Å²) in [5.41, 5.74) is 0. The molecule has 0 aromatic rings. The highest BCUT2D eigenvalue weighted by molar-refractivity contribution is 5.14. The molecule has 0 aromatic heterocycles. The summed E-state index contributed by atoms with van der Waals surface area (Å²) >= 11 is 0. The van der Waals surface area contributed by atoms with E-state index in [9.17, 15) is 5.11 Å². The Balaban J connectivity index is 2.60. The second-order valence-electron chi connectivity index (χ2n) is 2.71. The van der Waals surface area contributed by atoms with Crippen molar-refractivity contribution in [2.45, 2.75) is 19.4 Å². The molecule has 11 heavy (non-hydrogen) atoms. The van der Waals surface area contributed by atoms with Crippen LogP contribution in [0.4, 0.5) is 0 Å². The molecular weight excluding hydrogens is 140 g/mol. The van der Waals surface area contributed by atoms with Crippen molar-refractivity contribution in [3.63, 3.8) is 0 Å². The molecule has 0 radical (unpaired) electrons.